The zero-order valence-electron chi connectivity index (χ0n) is 23.5. The summed E-state index contributed by atoms with van der Waals surface area (Å²) >= 11 is 3.30. The molecule has 3 fully saturated rings. The number of ether oxygens (including phenoxy) is 2. The van der Waals surface area contributed by atoms with Crippen molar-refractivity contribution in [2.75, 3.05) is 32.8 Å². The van der Waals surface area contributed by atoms with Crippen LogP contribution in [0.4, 0.5) is 4.39 Å². The van der Waals surface area contributed by atoms with Gasteiger partial charge in [-0.15, -0.1) is 0 Å². The number of carbonyl (C=O) groups is 4. The van der Waals surface area contributed by atoms with E-state index in [4.69, 9.17) is 9.47 Å². The topological polar surface area (TPSA) is 138 Å². The lowest BCUT2D eigenvalue weighted by molar-refractivity contribution is -0.147. The number of amides is 4. The number of benzene rings is 1. The van der Waals surface area contributed by atoms with Gasteiger partial charge in [-0.05, 0) is 50.3 Å². The molecule has 0 aromatic heterocycles. The number of morpholine rings is 1. The lowest BCUT2D eigenvalue weighted by Gasteiger charge is -2.34. The lowest BCUT2D eigenvalue weighted by Crippen LogP contribution is -2.55. The van der Waals surface area contributed by atoms with Gasteiger partial charge in [-0.1, -0.05) is 29.8 Å². The molecule has 2 saturated heterocycles. The number of nitrogens with zero attached hydrogens (tertiary/aromatic N) is 2. The van der Waals surface area contributed by atoms with Crippen molar-refractivity contribution in [1.82, 2.24) is 20.4 Å². The van der Waals surface area contributed by atoms with Crippen LogP contribution in [0, 0.1) is 5.92 Å². The molecule has 0 unspecified atom stereocenters. The van der Waals surface area contributed by atoms with Crippen molar-refractivity contribution in [2.24, 2.45) is 5.92 Å². The molecular weight excluding hydrogens is 603 g/mol. The first-order valence-corrected chi connectivity index (χ1v) is 14.7. The molecule has 1 aromatic rings. The molecule has 1 aromatic carbocycles. The maximum atomic E-state index is 14.8. The molecule has 0 bridgehead atoms. The maximum absolute atomic E-state index is 14.8. The third-order valence-corrected chi connectivity index (χ3v) is 8.02. The predicted octanol–water partition coefficient (Wildman–Crippen LogP) is 1.76. The first kappa shape index (κ1) is 31.2. The van der Waals surface area contributed by atoms with Crippen LogP contribution in [0.15, 0.2) is 22.7 Å². The van der Waals surface area contributed by atoms with Crippen LogP contribution in [0.1, 0.15) is 56.8 Å². The molecule has 13 heteroatoms. The van der Waals surface area contributed by atoms with Crippen LogP contribution in [-0.2, 0) is 19.1 Å². The van der Waals surface area contributed by atoms with Gasteiger partial charge in [-0.3, -0.25) is 19.2 Å². The second-order valence-electron chi connectivity index (χ2n) is 11.6. The van der Waals surface area contributed by atoms with Crippen LogP contribution in [-0.4, -0.2) is 101 Å². The standard InChI is InChI=1S/C28H38BrFN4O7/c1-16(2)12-20(26(38)34-15-18(35)14-21(34)27(39)33-8-10-40-11-9-33)31-24(36)19-13-17(29)4-5-22(19)41-23(30)25(37)32-28(3)6-7-28/h4-5,13,16,18,20-21,23,35H,6-12,14-15H2,1-3H3,(H,31,36)(H,32,37)/t18-,20+,21+,23-/m0/s1. The highest BCUT2D eigenvalue weighted by Gasteiger charge is 2.44. The van der Waals surface area contributed by atoms with E-state index in [2.05, 4.69) is 26.6 Å². The third kappa shape index (κ3) is 7.95. The highest BCUT2D eigenvalue weighted by atomic mass is 79.9. The summed E-state index contributed by atoms with van der Waals surface area (Å²) in [6, 6.07) is 2.44. The number of hydrogen-bond donors (Lipinski definition) is 3. The highest BCUT2D eigenvalue weighted by Crippen LogP contribution is 2.34. The minimum absolute atomic E-state index is 0.00823. The van der Waals surface area contributed by atoms with Gasteiger partial charge in [0.05, 0.1) is 24.9 Å². The van der Waals surface area contributed by atoms with Crippen LogP contribution in [0.25, 0.3) is 0 Å². The fourth-order valence-corrected chi connectivity index (χ4v) is 5.39. The minimum Gasteiger partial charge on any atom is -0.451 e. The van der Waals surface area contributed by atoms with Gasteiger partial charge in [0.15, 0.2) is 0 Å². The number of aliphatic hydroxyl groups is 1. The van der Waals surface area contributed by atoms with Gasteiger partial charge in [0, 0.05) is 36.1 Å². The number of hydrogen-bond acceptors (Lipinski definition) is 7. The molecule has 4 atom stereocenters. The van der Waals surface area contributed by atoms with Gasteiger partial charge in [0.2, 0.25) is 11.8 Å². The molecule has 2 heterocycles. The average Bonchev–Trinajstić information content (AvgIpc) is 3.52. The molecule has 1 saturated carbocycles. The number of likely N-dealkylation sites (tertiary alicyclic amines) is 1. The summed E-state index contributed by atoms with van der Waals surface area (Å²) < 4.78 is 25.8. The van der Waals surface area contributed by atoms with E-state index < -0.39 is 47.8 Å². The first-order valence-electron chi connectivity index (χ1n) is 13.9. The van der Waals surface area contributed by atoms with Crippen molar-refractivity contribution >= 4 is 39.6 Å². The van der Waals surface area contributed by atoms with Crippen LogP contribution >= 0.6 is 15.9 Å². The van der Waals surface area contributed by atoms with Gasteiger partial charge in [-0.2, -0.15) is 4.39 Å². The molecule has 3 aliphatic rings. The van der Waals surface area contributed by atoms with E-state index >= 15 is 0 Å². The largest absolute Gasteiger partial charge is 0.451 e. The Balaban J connectivity index is 1.51. The number of rotatable bonds is 10. The number of nitrogens with one attached hydrogen (secondary N) is 2. The zero-order valence-corrected chi connectivity index (χ0v) is 25.1. The molecule has 3 N–H and O–H groups in total. The van der Waals surface area contributed by atoms with Crippen molar-refractivity contribution in [1.29, 1.82) is 0 Å². The first-order chi connectivity index (χ1) is 19.4. The van der Waals surface area contributed by atoms with Crippen molar-refractivity contribution < 1.29 is 38.1 Å². The van der Waals surface area contributed by atoms with Crippen molar-refractivity contribution in [2.45, 2.75) is 76.5 Å². The fraction of sp³-hybridized carbons (Fsp3) is 0.643. The quantitative estimate of drug-likeness (QED) is 0.354. The summed E-state index contributed by atoms with van der Waals surface area (Å²) in [4.78, 5) is 55.8. The maximum Gasteiger partial charge on any atom is 0.316 e. The van der Waals surface area contributed by atoms with E-state index in [9.17, 15) is 28.7 Å². The SMILES string of the molecule is CC(C)C[C@@H](NC(=O)c1cc(Br)ccc1O[C@H](F)C(=O)NC1(C)CC1)C(=O)N1C[C@@H](O)C[C@@H]1C(=O)N1CCOCC1. The zero-order chi connectivity index (χ0) is 29.9. The molecule has 2 aliphatic heterocycles. The van der Waals surface area contributed by atoms with Crippen LogP contribution in [0.5, 0.6) is 5.75 Å². The third-order valence-electron chi connectivity index (χ3n) is 7.53. The van der Waals surface area contributed by atoms with Crippen molar-refractivity contribution in [3.05, 3.63) is 28.2 Å². The highest BCUT2D eigenvalue weighted by molar-refractivity contribution is 9.10. The number of alkyl halides is 1. The molecule has 226 valence electrons. The van der Waals surface area contributed by atoms with Gasteiger partial charge in [0.1, 0.15) is 17.8 Å². The smallest absolute Gasteiger partial charge is 0.316 e. The summed E-state index contributed by atoms with van der Waals surface area (Å²) in [6.45, 7) is 7.16. The van der Waals surface area contributed by atoms with E-state index in [1.54, 1.807) is 17.9 Å². The molecular formula is C28H38BrFN4O7. The monoisotopic (exact) mass is 640 g/mol. The second kappa shape index (κ2) is 13.0. The van der Waals surface area contributed by atoms with Gasteiger partial charge in [-0.25, -0.2) is 0 Å². The molecule has 41 heavy (non-hydrogen) atoms. The Labute approximate surface area is 247 Å². The molecule has 4 rings (SSSR count). The van der Waals surface area contributed by atoms with E-state index in [1.165, 1.54) is 17.0 Å². The van der Waals surface area contributed by atoms with Gasteiger partial charge < -0.3 is 35.0 Å². The summed E-state index contributed by atoms with van der Waals surface area (Å²) in [5.41, 5.74) is -0.518. The summed E-state index contributed by atoms with van der Waals surface area (Å²) in [5.74, 6) is -2.57. The Hall–Kier alpha value is -2.77. The van der Waals surface area contributed by atoms with E-state index in [0.717, 1.165) is 12.8 Å². The van der Waals surface area contributed by atoms with Gasteiger partial charge >= 0.3 is 6.36 Å². The molecule has 4 amide bonds. The minimum atomic E-state index is -2.34. The second-order valence-corrected chi connectivity index (χ2v) is 12.5. The molecule has 0 radical (unpaired) electrons. The van der Waals surface area contributed by atoms with Crippen molar-refractivity contribution in [3.8, 4) is 5.75 Å². The predicted molar refractivity (Wildman–Crippen MR) is 150 cm³/mol. The van der Waals surface area contributed by atoms with Gasteiger partial charge in [0.25, 0.3) is 11.8 Å². The van der Waals surface area contributed by atoms with E-state index in [0.29, 0.717) is 30.8 Å². The van der Waals surface area contributed by atoms with Crippen LogP contribution in [0.2, 0.25) is 0 Å². The number of carbonyl (C=O) groups excluding carboxylic acids is 4. The van der Waals surface area contributed by atoms with E-state index in [1.807, 2.05) is 13.8 Å². The fourth-order valence-electron chi connectivity index (χ4n) is 5.03. The summed E-state index contributed by atoms with van der Waals surface area (Å²) in [5, 5.41) is 15.7. The van der Waals surface area contributed by atoms with E-state index in [-0.39, 0.29) is 42.5 Å². The molecule has 0 spiro atoms. The Morgan fingerprint density at radius 3 is 2.54 bits per heavy atom. The lowest BCUT2D eigenvalue weighted by atomic mass is 10.0. The number of halogens is 2. The van der Waals surface area contributed by atoms with Crippen LogP contribution in [0.3, 0.4) is 0 Å². The Morgan fingerprint density at radius 1 is 1.22 bits per heavy atom. The average molecular weight is 642 g/mol. The molecule has 11 nitrogen and oxygen atoms in total. The Morgan fingerprint density at radius 2 is 1.90 bits per heavy atom. The normalized spacial score (nSPS) is 23.1. The molecule has 1 aliphatic carbocycles. The Kier molecular flexibility index (Phi) is 9.91. The Bertz CT molecular complexity index is 1160. The van der Waals surface area contributed by atoms with Crippen LogP contribution < -0.4 is 15.4 Å². The summed E-state index contributed by atoms with van der Waals surface area (Å²) in [7, 11) is 0. The number of β-amino-alcohol motifs (C(OH)–C–C–N with tert-alkyl or cyclic N) is 1. The number of aliphatic hydroxyl groups excluding tert-OH is 1. The summed E-state index contributed by atoms with van der Waals surface area (Å²) in [6.07, 6.45) is -1.36. The van der Waals surface area contributed by atoms with Crippen molar-refractivity contribution in [3.63, 3.8) is 0 Å².